The summed E-state index contributed by atoms with van der Waals surface area (Å²) in [4.78, 5) is 50.5. The summed E-state index contributed by atoms with van der Waals surface area (Å²) in [6.07, 6.45) is -65.2. The average molecular weight is 1350 g/mol. The van der Waals surface area contributed by atoms with Crippen LogP contribution in [0.2, 0.25) is 0 Å². The van der Waals surface area contributed by atoms with Crippen molar-refractivity contribution in [3.05, 3.63) is 0 Å². The molecule has 0 aromatic carbocycles. The summed E-state index contributed by atoms with van der Waals surface area (Å²) >= 11 is 0. The maximum atomic E-state index is 12.9. The lowest BCUT2D eigenvalue weighted by Crippen LogP contribution is -2.71. The van der Waals surface area contributed by atoms with Gasteiger partial charge >= 0.3 is 5.97 Å². The van der Waals surface area contributed by atoms with Gasteiger partial charge in [-0.25, -0.2) is 4.79 Å². The van der Waals surface area contributed by atoms with Crippen molar-refractivity contribution in [3.63, 3.8) is 0 Å². The van der Waals surface area contributed by atoms with Gasteiger partial charge in [-0.2, -0.15) is 0 Å². The van der Waals surface area contributed by atoms with Gasteiger partial charge in [0.15, 0.2) is 37.7 Å². The van der Waals surface area contributed by atoms with Gasteiger partial charge in [-0.15, -0.1) is 0 Å². The molecule has 7 fully saturated rings. The maximum absolute atomic E-state index is 12.9. The highest BCUT2D eigenvalue weighted by atomic mass is 16.8. The van der Waals surface area contributed by atoms with Crippen molar-refractivity contribution in [2.45, 2.75) is 254 Å². The van der Waals surface area contributed by atoms with E-state index in [1.165, 1.54) is 6.92 Å². The fourth-order valence-corrected chi connectivity index (χ4v) is 11.8. The molecule has 7 aliphatic heterocycles. The number of carbonyl (C=O) groups is 4. The third kappa shape index (κ3) is 16.4. The van der Waals surface area contributed by atoms with Gasteiger partial charge in [0.2, 0.25) is 17.7 Å². The van der Waals surface area contributed by atoms with E-state index in [2.05, 4.69) is 16.0 Å². The molecular formula is C51H85N3O38. The number of carboxylic acid groups (broad SMARTS) is 1. The number of hydrogen-bond acceptors (Lipinski definition) is 37. The summed E-state index contributed by atoms with van der Waals surface area (Å²) in [5, 5.41) is 235. The Labute approximate surface area is 520 Å². The van der Waals surface area contributed by atoms with E-state index < -0.39 is 290 Å². The number of ether oxygens (including phenoxy) is 13. The first-order valence-corrected chi connectivity index (χ1v) is 29.1. The van der Waals surface area contributed by atoms with E-state index in [0.717, 1.165) is 20.8 Å². The smallest absolute Gasteiger partial charge is 0.364 e. The quantitative estimate of drug-likeness (QED) is 0.0427. The van der Waals surface area contributed by atoms with Crippen LogP contribution in [0.5, 0.6) is 0 Å². The molecule has 24 N–H and O–H groups in total. The molecule has 0 spiro atoms. The molecule has 0 aromatic heterocycles. The van der Waals surface area contributed by atoms with Gasteiger partial charge in [0.05, 0.1) is 57.9 Å². The van der Waals surface area contributed by atoms with Crippen LogP contribution in [0.25, 0.3) is 0 Å². The Kier molecular flexibility index (Phi) is 26.6. The van der Waals surface area contributed by atoms with Gasteiger partial charge in [-0.3, -0.25) is 14.4 Å². The van der Waals surface area contributed by atoms with Crippen LogP contribution in [0.3, 0.4) is 0 Å². The highest BCUT2D eigenvalue weighted by molar-refractivity contribution is 5.77. The fourth-order valence-electron chi connectivity index (χ4n) is 11.8. The fraction of sp³-hybridized carbons (Fsp3) is 0.922. The Morgan fingerprint density at radius 3 is 1.45 bits per heavy atom. The molecule has 7 aliphatic rings. The number of amides is 3. The molecule has 41 nitrogen and oxygen atoms in total. The topological polar surface area (TPSA) is 649 Å². The highest BCUT2D eigenvalue weighted by Crippen LogP contribution is 2.39. The first kappa shape index (κ1) is 75.9. The number of carbonyl (C=O) groups excluding carboxylic acids is 3. The molecular weight excluding hydrogens is 1260 g/mol. The van der Waals surface area contributed by atoms with E-state index >= 15 is 0 Å². The SMILES string of the molecule is CC(=O)N[C@H]1[C@H](O[C@H]2[C@@H](O)[C@@H](CO)O[C@@H](O[C@@H]3[C@@H](O[C@H]4O[C@H](CO)[C@H](O)[C@H](O)[C@H]4O)[C@@H](O)[C@@H](O[C@H]4[C@H](O)[C@@H](O)[C@H](O)O[C@@H]4CO)O[C@H]3C)[C@@H]2O)O[C@H](CO)[C@@H](O[C@@H]2O[C@H](CO[C@]3(C(=O)O)C[C@H](O)[C@@H](NC(C)=O)[C@H]([C@H](O)[C@H](O)CO)O3)[C@H](O)[C@H](O)[C@H]2NC(C)=O)[C@@H]1O. The number of rotatable bonds is 24. The summed E-state index contributed by atoms with van der Waals surface area (Å²) in [5.74, 6) is -7.66. The summed E-state index contributed by atoms with van der Waals surface area (Å²) in [7, 11) is 0. The Hall–Kier alpha value is -3.44. The number of nitrogens with one attached hydrogen (secondary N) is 3. The largest absolute Gasteiger partial charge is 0.477 e. The average Bonchev–Trinajstić information content (AvgIpc) is 0.780. The zero-order valence-corrected chi connectivity index (χ0v) is 49.5. The van der Waals surface area contributed by atoms with Gasteiger partial charge in [0.1, 0.15) is 159 Å². The second-order valence-corrected chi connectivity index (χ2v) is 23.2. The van der Waals surface area contributed by atoms with E-state index in [4.69, 9.17) is 61.6 Å². The molecule has 7 saturated heterocycles. The minimum Gasteiger partial charge on any atom is -0.477 e. The lowest BCUT2D eigenvalue weighted by Gasteiger charge is -2.51. The van der Waals surface area contributed by atoms with E-state index in [9.17, 15) is 126 Å². The van der Waals surface area contributed by atoms with Crippen LogP contribution in [-0.4, -0.2) is 391 Å². The Morgan fingerprint density at radius 1 is 0.457 bits per heavy atom. The molecule has 0 aromatic rings. The lowest BCUT2D eigenvalue weighted by molar-refractivity contribution is -0.401. The molecule has 0 radical (unpaired) electrons. The number of aliphatic hydroxyl groups excluding tert-OH is 20. The van der Waals surface area contributed by atoms with E-state index in [1.807, 2.05) is 0 Å². The van der Waals surface area contributed by atoms with E-state index in [1.54, 1.807) is 0 Å². The van der Waals surface area contributed by atoms with Crippen LogP contribution in [0.15, 0.2) is 0 Å². The first-order valence-electron chi connectivity index (χ1n) is 29.1. The second-order valence-electron chi connectivity index (χ2n) is 23.2. The van der Waals surface area contributed by atoms with E-state index in [-0.39, 0.29) is 0 Å². The summed E-state index contributed by atoms with van der Waals surface area (Å²) in [6, 6.07) is -5.38. The predicted octanol–water partition coefficient (Wildman–Crippen LogP) is -15.6. The van der Waals surface area contributed by atoms with Crippen molar-refractivity contribution in [3.8, 4) is 0 Å². The summed E-state index contributed by atoms with van der Waals surface area (Å²) < 4.78 is 75.6. The molecule has 7 heterocycles. The number of aliphatic hydroxyl groups is 20. The maximum Gasteiger partial charge on any atom is 0.364 e. The molecule has 0 saturated carbocycles. The highest BCUT2D eigenvalue weighted by Gasteiger charge is 2.61. The lowest BCUT2D eigenvalue weighted by atomic mass is 9.88. The van der Waals surface area contributed by atoms with Crippen molar-refractivity contribution >= 4 is 23.7 Å². The van der Waals surface area contributed by atoms with Gasteiger partial charge in [-0.05, 0) is 6.92 Å². The molecule has 0 unspecified atom stereocenters. The van der Waals surface area contributed by atoms with Gasteiger partial charge in [0, 0.05) is 27.2 Å². The molecule has 3 amide bonds. The number of carboxylic acids is 1. The van der Waals surface area contributed by atoms with Crippen molar-refractivity contribution < 1.29 is 188 Å². The van der Waals surface area contributed by atoms with Crippen molar-refractivity contribution in [2.24, 2.45) is 0 Å². The number of hydrogen-bond donors (Lipinski definition) is 24. The summed E-state index contributed by atoms with van der Waals surface area (Å²) in [6.45, 7) is -2.28. The Morgan fingerprint density at radius 2 is 0.891 bits per heavy atom. The third-order valence-corrected chi connectivity index (χ3v) is 16.7. The van der Waals surface area contributed by atoms with Gasteiger partial charge in [0.25, 0.3) is 5.79 Å². The van der Waals surface area contributed by atoms with Crippen molar-refractivity contribution in [1.82, 2.24) is 16.0 Å². The molecule has 36 atom stereocenters. The molecule has 7 rings (SSSR count). The zero-order valence-electron chi connectivity index (χ0n) is 49.5. The first-order chi connectivity index (χ1) is 43.3. The van der Waals surface area contributed by atoms with E-state index in [0.29, 0.717) is 0 Å². The molecule has 532 valence electrons. The van der Waals surface area contributed by atoms with Crippen LogP contribution in [-0.2, 0) is 80.8 Å². The van der Waals surface area contributed by atoms with Crippen LogP contribution in [0, 0.1) is 0 Å². The minimum absolute atomic E-state index is 0.807. The monoisotopic (exact) mass is 1350 g/mol. The third-order valence-electron chi connectivity index (χ3n) is 16.7. The van der Waals surface area contributed by atoms with Crippen LogP contribution in [0.4, 0.5) is 0 Å². The number of aliphatic carboxylic acids is 1. The van der Waals surface area contributed by atoms with Crippen LogP contribution < -0.4 is 16.0 Å². The standard InChI is InChI=1S/C51H85N3O38/c1-12-38(43(91-47-35(74)32(71)27(66)18(7-56)83-47)37(76)48(81-12)89-40-20(9-58)82-44(77)34(73)33(40)72)87-49-36(75)42(29(68)19(8-57)84-49)90-46-25(54-15(4)62)31(70)39(21(10-59)85-46)88-45-24(53-14(3)61)30(69)28(67)22(86-45)11-80-51(50(78)79)5-16(63)23(52-13(2)60)41(92-51)26(65)17(64)6-55/h12,16-49,55-59,63-77H,5-11H2,1-4H3,(H,52,60)(H,53,61)(H,54,62)(H,78,79)/t12-,16-,17+,18+,19+,20+,21+,22+,23+,24+,25+,26+,27-,28-,29-,30+,31+,32-,33+,34+,35+,36+,37+,38-,39+,40+,41+,42-,43-,44+,45-,46-,47+,48+,49-,51+/m0/s1. The van der Waals surface area contributed by atoms with Crippen molar-refractivity contribution in [1.29, 1.82) is 0 Å². The Balaban J connectivity index is 1.13. The summed E-state index contributed by atoms with van der Waals surface area (Å²) in [5.41, 5.74) is 0. The molecule has 92 heavy (non-hydrogen) atoms. The molecule has 41 heteroatoms. The van der Waals surface area contributed by atoms with Crippen LogP contribution in [0.1, 0.15) is 34.1 Å². The normalized spacial score (nSPS) is 47.6. The Bertz CT molecular complexity index is 2390. The molecule has 0 aliphatic carbocycles. The zero-order chi connectivity index (χ0) is 68.3. The van der Waals surface area contributed by atoms with Crippen LogP contribution >= 0.6 is 0 Å². The van der Waals surface area contributed by atoms with Gasteiger partial charge < -0.3 is 185 Å². The molecule has 0 bridgehead atoms. The predicted molar refractivity (Wildman–Crippen MR) is 282 cm³/mol. The second kappa shape index (κ2) is 32.3. The minimum atomic E-state index is -3.03. The van der Waals surface area contributed by atoms with Gasteiger partial charge in [-0.1, -0.05) is 0 Å². The van der Waals surface area contributed by atoms with Crippen molar-refractivity contribution in [2.75, 3.05) is 39.6 Å².